The summed E-state index contributed by atoms with van der Waals surface area (Å²) in [7, 11) is 0. The maximum absolute atomic E-state index is 12.9. The van der Waals surface area contributed by atoms with E-state index in [1.54, 1.807) is 0 Å². The van der Waals surface area contributed by atoms with E-state index in [2.05, 4.69) is 11.8 Å². The van der Waals surface area contributed by atoms with Crippen LogP contribution in [0.25, 0.3) is 0 Å². The molecule has 2 atom stereocenters. The molecule has 1 aliphatic carbocycles. The summed E-state index contributed by atoms with van der Waals surface area (Å²) < 4.78 is 1.98. The fourth-order valence-electron chi connectivity index (χ4n) is 4.00. The van der Waals surface area contributed by atoms with E-state index < -0.39 is 0 Å². The molecule has 20 heavy (non-hydrogen) atoms. The van der Waals surface area contributed by atoms with Crippen molar-refractivity contribution in [3.8, 4) is 0 Å². The zero-order valence-corrected chi connectivity index (χ0v) is 12.3. The summed E-state index contributed by atoms with van der Waals surface area (Å²) in [5.74, 6) is 0.906. The van der Waals surface area contributed by atoms with E-state index in [4.69, 9.17) is 5.73 Å². The van der Waals surface area contributed by atoms with Crippen molar-refractivity contribution >= 4 is 11.6 Å². The molecule has 0 aromatic carbocycles. The number of anilines is 1. The highest BCUT2D eigenvalue weighted by Crippen LogP contribution is 2.36. The molecule has 2 unspecified atom stereocenters. The van der Waals surface area contributed by atoms with Crippen LogP contribution in [0.5, 0.6) is 0 Å². The maximum Gasteiger partial charge on any atom is 0.270 e. The number of nitrogens with two attached hydrogens (primary N) is 1. The third-order valence-electron chi connectivity index (χ3n) is 4.98. The quantitative estimate of drug-likeness (QED) is 0.902. The van der Waals surface area contributed by atoms with Crippen LogP contribution >= 0.6 is 0 Å². The molecule has 1 aliphatic heterocycles. The van der Waals surface area contributed by atoms with Gasteiger partial charge in [-0.05, 0) is 44.6 Å². The van der Waals surface area contributed by atoms with E-state index in [9.17, 15) is 4.79 Å². The number of fused-ring (bicyclic) bond motifs is 1. The van der Waals surface area contributed by atoms with Gasteiger partial charge in [-0.15, -0.1) is 0 Å². The van der Waals surface area contributed by atoms with Crippen molar-refractivity contribution in [2.45, 2.75) is 58.0 Å². The Morgan fingerprint density at radius 3 is 2.85 bits per heavy atom. The SMILES string of the molecule is CCn1cc(N)cc1C(=O)N1CCCC2CCCCC21. The van der Waals surface area contributed by atoms with Gasteiger partial charge >= 0.3 is 0 Å². The zero-order chi connectivity index (χ0) is 14.1. The van der Waals surface area contributed by atoms with Crippen LogP contribution in [-0.2, 0) is 6.54 Å². The Balaban J connectivity index is 1.84. The van der Waals surface area contributed by atoms with Crippen LogP contribution in [0.1, 0.15) is 55.9 Å². The first kappa shape index (κ1) is 13.5. The molecule has 0 spiro atoms. The van der Waals surface area contributed by atoms with Crippen molar-refractivity contribution in [2.75, 3.05) is 12.3 Å². The molecule has 2 aliphatic rings. The van der Waals surface area contributed by atoms with Gasteiger partial charge in [0.05, 0.1) is 5.69 Å². The Hall–Kier alpha value is -1.45. The Morgan fingerprint density at radius 2 is 2.05 bits per heavy atom. The van der Waals surface area contributed by atoms with E-state index in [0.29, 0.717) is 11.7 Å². The van der Waals surface area contributed by atoms with Crippen LogP contribution in [0.4, 0.5) is 5.69 Å². The highest BCUT2D eigenvalue weighted by atomic mass is 16.2. The van der Waals surface area contributed by atoms with Gasteiger partial charge in [-0.25, -0.2) is 0 Å². The fourth-order valence-corrected chi connectivity index (χ4v) is 4.00. The van der Waals surface area contributed by atoms with Crippen molar-refractivity contribution < 1.29 is 4.79 Å². The molecule has 1 amide bonds. The number of hydrogen-bond donors (Lipinski definition) is 1. The lowest BCUT2D eigenvalue weighted by molar-refractivity contribution is 0.0381. The molecule has 1 aromatic heterocycles. The zero-order valence-electron chi connectivity index (χ0n) is 12.3. The van der Waals surface area contributed by atoms with Crippen molar-refractivity contribution in [3.63, 3.8) is 0 Å². The summed E-state index contributed by atoms with van der Waals surface area (Å²) in [6.07, 6.45) is 9.39. The highest BCUT2D eigenvalue weighted by molar-refractivity contribution is 5.94. The Labute approximate surface area is 120 Å². The normalized spacial score (nSPS) is 26.4. The van der Waals surface area contributed by atoms with Crippen LogP contribution < -0.4 is 5.73 Å². The smallest absolute Gasteiger partial charge is 0.270 e. The van der Waals surface area contributed by atoms with E-state index in [1.807, 2.05) is 16.8 Å². The average molecular weight is 275 g/mol. The Bertz CT molecular complexity index is 492. The van der Waals surface area contributed by atoms with Gasteiger partial charge in [-0.1, -0.05) is 12.8 Å². The number of rotatable bonds is 2. The first-order valence-electron chi connectivity index (χ1n) is 7.97. The van der Waals surface area contributed by atoms with Gasteiger partial charge < -0.3 is 15.2 Å². The van der Waals surface area contributed by atoms with Gasteiger partial charge in [0.1, 0.15) is 5.69 Å². The van der Waals surface area contributed by atoms with Crippen molar-refractivity contribution in [1.29, 1.82) is 0 Å². The van der Waals surface area contributed by atoms with Crippen LogP contribution in [0.2, 0.25) is 0 Å². The van der Waals surface area contributed by atoms with E-state index in [-0.39, 0.29) is 5.91 Å². The number of aryl methyl sites for hydroxylation is 1. The number of piperidine rings is 1. The first-order valence-corrected chi connectivity index (χ1v) is 7.97. The highest BCUT2D eigenvalue weighted by Gasteiger charge is 2.36. The first-order chi connectivity index (χ1) is 9.70. The minimum atomic E-state index is 0.181. The largest absolute Gasteiger partial charge is 0.397 e. The van der Waals surface area contributed by atoms with Crippen LogP contribution in [0.15, 0.2) is 12.3 Å². The van der Waals surface area contributed by atoms with Crippen molar-refractivity contribution in [1.82, 2.24) is 9.47 Å². The molecule has 0 radical (unpaired) electrons. The molecule has 4 nitrogen and oxygen atoms in total. The van der Waals surface area contributed by atoms with Crippen LogP contribution in [0.3, 0.4) is 0 Å². The fraction of sp³-hybridized carbons (Fsp3) is 0.688. The number of carbonyl (C=O) groups excluding carboxylic acids is 1. The molecule has 2 fully saturated rings. The molecule has 2 heterocycles. The second-order valence-electron chi connectivity index (χ2n) is 6.20. The summed E-state index contributed by atoms with van der Waals surface area (Å²) in [5.41, 5.74) is 7.31. The molecule has 1 saturated carbocycles. The summed E-state index contributed by atoms with van der Waals surface area (Å²) in [6, 6.07) is 2.30. The molecular formula is C16H25N3O. The predicted octanol–water partition coefficient (Wildman–Crippen LogP) is 2.89. The lowest BCUT2D eigenvalue weighted by atomic mass is 9.78. The van der Waals surface area contributed by atoms with Gasteiger partial charge in [-0.2, -0.15) is 0 Å². The maximum atomic E-state index is 12.9. The van der Waals surface area contributed by atoms with Crippen molar-refractivity contribution in [3.05, 3.63) is 18.0 Å². The van der Waals surface area contributed by atoms with Crippen molar-refractivity contribution in [2.24, 2.45) is 5.92 Å². The molecule has 0 bridgehead atoms. The topological polar surface area (TPSA) is 51.3 Å². The standard InChI is InChI=1S/C16H25N3O/c1-2-18-11-13(17)10-15(18)16(20)19-9-5-7-12-6-3-4-8-14(12)19/h10-12,14H,2-9,17H2,1H3. The van der Waals surface area contributed by atoms with Gasteiger partial charge in [-0.3, -0.25) is 4.79 Å². The Morgan fingerprint density at radius 1 is 1.30 bits per heavy atom. The summed E-state index contributed by atoms with van der Waals surface area (Å²) >= 11 is 0. The number of carbonyl (C=O) groups is 1. The van der Waals surface area contributed by atoms with Gasteiger partial charge in [0.15, 0.2) is 0 Å². The number of amides is 1. The summed E-state index contributed by atoms with van der Waals surface area (Å²) in [6.45, 7) is 3.75. The van der Waals surface area contributed by atoms with E-state index in [1.165, 1.54) is 32.1 Å². The lowest BCUT2D eigenvalue weighted by Crippen LogP contribution is -2.50. The third-order valence-corrected chi connectivity index (χ3v) is 4.98. The Kier molecular flexibility index (Phi) is 3.72. The number of nitrogen functional groups attached to an aromatic ring is 1. The van der Waals surface area contributed by atoms with E-state index >= 15 is 0 Å². The molecule has 110 valence electrons. The van der Waals surface area contributed by atoms with Crippen LogP contribution in [-0.4, -0.2) is 28.0 Å². The summed E-state index contributed by atoms with van der Waals surface area (Å²) in [4.78, 5) is 15.0. The van der Waals surface area contributed by atoms with Gasteiger partial charge in [0, 0.05) is 25.3 Å². The second-order valence-corrected chi connectivity index (χ2v) is 6.20. The van der Waals surface area contributed by atoms with Gasteiger partial charge in [0.25, 0.3) is 5.91 Å². The number of hydrogen-bond acceptors (Lipinski definition) is 2. The minimum absolute atomic E-state index is 0.181. The monoisotopic (exact) mass is 275 g/mol. The molecule has 4 heteroatoms. The molecule has 2 N–H and O–H groups in total. The molecule has 3 rings (SSSR count). The van der Waals surface area contributed by atoms with Gasteiger partial charge in [0.2, 0.25) is 0 Å². The molecule has 1 aromatic rings. The minimum Gasteiger partial charge on any atom is -0.397 e. The lowest BCUT2D eigenvalue weighted by Gasteiger charge is -2.44. The molecule has 1 saturated heterocycles. The second kappa shape index (κ2) is 5.51. The summed E-state index contributed by atoms with van der Waals surface area (Å²) in [5, 5.41) is 0. The molecular weight excluding hydrogens is 250 g/mol. The van der Waals surface area contributed by atoms with E-state index in [0.717, 1.165) is 31.1 Å². The third kappa shape index (κ3) is 2.32. The average Bonchev–Trinajstić information content (AvgIpc) is 2.87. The number of nitrogens with zero attached hydrogens (tertiary/aromatic N) is 2. The number of likely N-dealkylation sites (tertiary alicyclic amines) is 1. The predicted molar refractivity (Wildman–Crippen MR) is 80.5 cm³/mol. The van der Waals surface area contributed by atoms with Crippen LogP contribution in [0, 0.1) is 5.92 Å². The number of aromatic nitrogens is 1.